The van der Waals surface area contributed by atoms with Crippen molar-refractivity contribution in [1.29, 1.82) is 0 Å². The van der Waals surface area contributed by atoms with Crippen LogP contribution in [0.5, 0.6) is 0 Å². The lowest BCUT2D eigenvalue weighted by Gasteiger charge is -2.17. The Balaban J connectivity index is 2.49. The Morgan fingerprint density at radius 1 is 1.33 bits per heavy atom. The highest BCUT2D eigenvalue weighted by molar-refractivity contribution is 14.1. The molecule has 1 unspecified atom stereocenters. The predicted octanol–water partition coefficient (Wildman–Crippen LogP) is 3.78. The maximum Gasteiger partial charge on any atom is 0.0466 e. The lowest BCUT2D eigenvalue weighted by Crippen LogP contribution is -2.08. The molecule has 12 heavy (non-hydrogen) atoms. The molecule has 2 heteroatoms. The van der Waals surface area contributed by atoms with E-state index in [-0.39, 0.29) is 0 Å². The summed E-state index contributed by atoms with van der Waals surface area (Å²) in [6.45, 7) is 0. The third kappa shape index (κ3) is 1.59. The summed E-state index contributed by atoms with van der Waals surface area (Å²) in [7, 11) is 0. The summed E-state index contributed by atoms with van der Waals surface area (Å²) in [5, 5.41) is 0. The van der Waals surface area contributed by atoms with Crippen molar-refractivity contribution in [2.45, 2.75) is 10.3 Å². The first kappa shape index (κ1) is 8.75. The number of rotatable bonds is 0. The van der Waals surface area contributed by atoms with Gasteiger partial charge in [-0.2, -0.15) is 0 Å². The van der Waals surface area contributed by atoms with Crippen LogP contribution in [0.4, 0.5) is 0 Å². The van der Waals surface area contributed by atoms with Crippen LogP contribution in [-0.4, -0.2) is 3.92 Å². The molecule has 0 saturated carbocycles. The Morgan fingerprint density at radius 2 is 2.08 bits per heavy atom. The molecular formula is C10H8BrI. The predicted molar refractivity (Wildman–Crippen MR) is 64.9 cm³/mol. The lowest BCUT2D eigenvalue weighted by molar-refractivity contribution is 1.03. The third-order valence-corrected chi connectivity index (χ3v) is 4.80. The normalized spacial score (nSPS) is 21.5. The second-order valence-electron chi connectivity index (χ2n) is 2.90. The molecule has 0 nitrogen and oxygen atoms in total. The van der Waals surface area contributed by atoms with Crippen LogP contribution in [0, 0.1) is 0 Å². The first-order valence-corrected chi connectivity index (χ1v) is 5.90. The van der Waals surface area contributed by atoms with E-state index in [0.29, 0.717) is 3.92 Å². The minimum absolute atomic E-state index is 0.609. The highest BCUT2D eigenvalue weighted by Crippen LogP contribution is 2.31. The van der Waals surface area contributed by atoms with Gasteiger partial charge in [-0.1, -0.05) is 62.8 Å². The number of halogens is 2. The molecule has 1 aliphatic carbocycles. The molecular weight excluding hydrogens is 327 g/mol. The SMILES string of the molecule is BrC1=Cc2ccccc2CC1I. The van der Waals surface area contributed by atoms with Crippen molar-refractivity contribution in [3.05, 3.63) is 39.9 Å². The van der Waals surface area contributed by atoms with E-state index in [9.17, 15) is 0 Å². The molecule has 1 aromatic carbocycles. The maximum atomic E-state index is 3.58. The zero-order valence-corrected chi connectivity index (χ0v) is 10.2. The fourth-order valence-electron chi connectivity index (χ4n) is 1.39. The summed E-state index contributed by atoms with van der Waals surface area (Å²) in [4.78, 5) is 0. The summed E-state index contributed by atoms with van der Waals surface area (Å²) >= 11 is 6.04. The molecule has 1 aromatic rings. The van der Waals surface area contributed by atoms with Crippen LogP contribution < -0.4 is 0 Å². The Labute approximate surface area is 94.3 Å². The minimum Gasteiger partial charge on any atom is -0.0765 e. The molecule has 1 aliphatic rings. The van der Waals surface area contributed by atoms with Gasteiger partial charge < -0.3 is 0 Å². The summed E-state index contributed by atoms with van der Waals surface area (Å²) in [6.07, 6.45) is 3.36. The molecule has 0 radical (unpaired) electrons. The van der Waals surface area contributed by atoms with Gasteiger partial charge in [-0.15, -0.1) is 0 Å². The van der Waals surface area contributed by atoms with Gasteiger partial charge in [0.05, 0.1) is 0 Å². The molecule has 62 valence electrons. The third-order valence-electron chi connectivity index (χ3n) is 2.05. The van der Waals surface area contributed by atoms with Gasteiger partial charge >= 0.3 is 0 Å². The fourth-order valence-corrected chi connectivity index (χ4v) is 2.45. The zero-order valence-electron chi connectivity index (χ0n) is 6.43. The fraction of sp³-hybridized carbons (Fsp3) is 0.200. The van der Waals surface area contributed by atoms with E-state index in [0.717, 1.165) is 6.42 Å². The summed E-state index contributed by atoms with van der Waals surface area (Å²) in [5.41, 5.74) is 2.82. The monoisotopic (exact) mass is 334 g/mol. The van der Waals surface area contributed by atoms with E-state index in [1.54, 1.807) is 0 Å². The number of benzene rings is 1. The van der Waals surface area contributed by atoms with Crippen LogP contribution in [0.25, 0.3) is 6.08 Å². The molecule has 1 atom stereocenters. The van der Waals surface area contributed by atoms with Gasteiger partial charge in [0, 0.05) is 8.41 Å². The average Bonchev–Trinajstić information content (AvgIpc) is 2.07. The molecule has 0 fully saturated rings. The quantitative estimate of drug-likeness (QED) is 0.500. The second-order valence-corrected chi connectivity index (χ2v) is 5.32. The van der Waals surface area contributed by atoms with Crippen molar-refractivity contribution in [3.63, 3.8) is 0 Å². The van der Waals surface area contributed by atoms with Gasteiger partial charge in [-0.25, -0.2) is 0 Å². The van der Waals surface area contributed by atoms with Gasteiger partial charge in [0.15, 0.2) is 0 Å². The molecule has 2 rings (SSSR count). The van der Waals surface area contributed by atoms with Crippen LogP contribution in [0.3, 0.4) is 0 Å². The molecule has 0 saturated heterocycles. The number of allylic oxidation sites excluding steroid dienone is 1. The topological polar surface area (TPSA) is 0 Å². The first-order valence-electron chi connectivity index (χ1n) is 3.86. The Morgan fingerprint density at radius 3 is 2.92 bits per heavy atom. The van der Waals surface area contributed by atoms with E-state index in [1.807, 2.05) is 0 Å². The van der Waals surface area contributed by atoms with Crippen LogP contribution in [-0.2, 0) is 6.42 Å². The van der Waals surface area contributed by atoms with Crippen LogP contribution in [0.1, 0.15) is 11.1 Å². The van der Waals surface area contributed by atoms with Gasteiger partial charge in [0.2, 0.25) is 0 Å². The first-order chi connectivity index (χ1) is 5.77. The standard InChI is InChI=1S/C10H8BrI/c11-9-5-7-3-1-2-4-8(7)6-10(9)12/h1-5,10H,6H2. The smallest absolute Gasteiger partial charge is 0.0466 e. The number of hydrogen-bond donors (Lipinski definition) is 0. The van der Waals surface area contributed by atoms with Gasteiger partial charge in [-0.05, 0) is 23.6 Å². The van der Waals surface area contributed by atoms with E-state index in [1.165, 1.54) is 15.6 Å². The second kappa shape index (κ2) is 3.50. The molecule has 0 spiro atoms. The summed E-state index contributed by atoms with van der Waals surface area (Å²) < 4.78 is 1.92. The summed E-state index contributed by atoms with van der Waals surface area (Å²) in [5.74, 6) is 0. The molecule has 0 amide bonds. The van der Waals surface area contributed by atoms with E-state index in [2.05, 4.69) is 68.9 Å². The molecule has 0 bridgehead atoms. The maximum absolute atomic E-state index is 3.58. The minimum atomic E-state index is 0.609. The van der Waals surface area contributed by atoms with Gasteiger partial charge in [0.1, 0.15) is 0 Å². The van der Waals surface area contributed by atoms with Crippen molar-refractivity contribution < 1.29 is 0 Å². The molecule has 0 aliphatic heterocycles. The number of fused-ring (bicyclic) bond motifs is 1. The van der Waals surface area contributed by atoms with Gasteiger partial charge in [-0.3, -0.25) is 0 Å². The number of alkyl halides is 1. The molecule has 0 aromatic heterocycles. The summed E-state index contributed by atoms with van der Waals surface area (Å²) in [6, 6.07) is 8.56. The van der Waals surface area contributed by atoms with Crippen molar-refractivity contribution in [2.75, 3.05) is 0 Å². The molecule has 0 N–H and O–H groups in total. The Bertz CT molecular complexity index is 330. The Kier molecular flexibility index (Phi) is 2.55. The highest BCUT2D eigenvalue weighted by atomic mass is 127. The Hall–Kier alpha value is 0.170. The van der Waals surface area contributed by atoms with Crippen LogP contribution in [0.15, 0.2) is 28.7 Å². The lowest BCUT2D eigenvalue weighted by atomic mass is 9.98. The highest BCUT2D eigenvalue weighted by Gasteiger charge is 2.15. The van der Waals surface area contributed by atoms with Crippen molar-refractivity contribution >= 4 is 44.6 Å². The van der Waals surface area contributed by atoms with Crippen molar-refractivity contribution in [1.82, 2.24) is 0 Å². The largest absolute Gasteiger partial charge is 0.0765 e. The molecule has 0 heterocycles. The van der Waals surface area contributed by atoms with Crippen molar-refractivity contribution in [2.24, 2.45) is 0 Å². The van der Waals surface area contributed by atoms with E-state index >= 15 is 0 Å². The van der Waals surface area contributed by atoms with Gasteiger partial charge in [0.25, 0.3) is 0 Å². The zero-order chi connectivity index (χ0) is 8.55. The van der Waals surface area contributed by atoms with Crippen LogP contribution in [0.2, 0.25) is 0 Å². The number of hydrogen-bond acceptors (Lipinski definition) is 0. The average molecular weight is 335 g/mol. The van der Waals surface area contributed by atoms with E-state index in [4.69, 9.17) is 0 Å². The van der Waals surface area contributed by atoms with Crippen LogP contribution >= 0.6 is 38.5 Å². The van der Waals surface area contributed by atoms with Crippen molar-refractivity contribution in [3.8, 4) is 0 Å². The van der Waals surface area contributed by atoms with E-state index < -0.39 is 0 Å².